The fourth-order valence-corrected chi connectivity index (χ4v) is 5.58. The molecule has 8 nitrogen and oxygen atoms in total. The van der Waals surface area contributed by atoms with Crippen molar-refractivity contribution in [2.75, 3.05) is 19.8 Å². The molecule has 1 aromatic carbocycles. The summed E-state index contributed by atoms with van der Waals surface area (Å²) in [6.07, 6.45) is 7.72. The lowest BCUT2D eigenvalue weighted by Gasteiger charge is -2.32. The third-order valence-corrected chi connectivity index (χ3v) is 7.90. The summed E-state index contributed by atoms with van der Waals surface area (Å²) in [5.41, 5.74) is 5.98. The van der Waals surface area contributed by atoms with Gasteiger partial charge in [-0.25, -0.2) is 4.39 Å². The van der Waals surface area contributed by atoms with Crippen molar-refractivity contribution in [1.29, 1.82) is 0 Å². The average Bonchev–Trinajstić information content (AvgIpc) is 3.41. The molecular weight excluding hydrogens is 543 g/mol. The van der Waals surface area contributed by atoms with Gasteiger partial charge in [-0.2, -0.15) is 0 Å². The number of hydrogen-bond acceptors (Lipinski definition) is 5. The van der Waals surface area contributed by atoms with E-state index in [1.165, 1.54) is 11.3 Å². The van der Waals surface area contributed by atoms with E-state index in [0.717, 1.165) is 30.2 Å². The van der Waals surface area contributed by atoms with Gasteiger partial charge in [0, 0.05) is 16.6 Å². The number of nitrogens with zero attached hydrogens (tertiary/aromatic N) is 1. The van der Waals surface area contributed by atoms with Crippen LogP contribution in [-0.4, -0.2) is 66.3 Å². The molecule has 2 aliphatic rings. The lowest BCUT2D eigenvalue weighted by Crippen LogP contribution is -2.55. The van der Waals surface area contributed by atoms with Crippen molar-refractivity contribution in [3.8, 4) is 0 Å². The molecule has 1 aliphatic carbocycles. The van der Waals surface area contributed by atoms with Crippen LogP contribution in [0.2, 0.25) is 0 Å². The minimum Gasteiger partial charge on any atom is -0.344 e. The van der Waals surface area contributed by atoms with Gasteiger partial charge in [-0.3, -0.25) is 19.2 Å². The van der Waals surface area contributed by atoms with Crippen molar-refractivity contribution < 1.29 is 23.6 Å². The first-order valence-electron chi connectivity index (χ1n) is 13.3. The van der Waals surface area contributed by atoms with Crippen molar-refractivity contribution in [2.45, 2.75) is 82.3 Å². The zero-order valence-electron chi connectivity index (χ0n) is 21.2. The molecule has 37 heavy (non-hydrogen) atoms. The maximum Gasteiger partial charge on any atom is 0.251 e. The highest BCUT2D eigenvalue weighted by Crippen LogP contribution is 2.29. The largest absolute Gasteiger partial charge is 0.344 e. The summed E-state index contributed by atoms with van der Waals surface area (Å²) in [6, 6.07) is 4.44. The molecule has 3 rings (SSSR count). The number of hydrogen-bond donors (Lipinski definition) is 3. The topological polar surface area (TPSA) is 122 Å². The summed E-state index contributed by atoms with van der Waals surface area (Å²) < 4.78 is 13.9. The Balaban J connectivity index is 1.74. The standard InChI is InChI=1S/C27H38BrFN4O4/c28-20-12-10-19(11-13-20)25(35)32-22(16-18-6-2-1-3-7-18)27(37)33-15-5-9-23(33)26(36)31-21(8-4-14-30)24(34)17-29/h10-13,18,21-23H,1-9,14-17,30H2,(H,31,36)(H,32,35)/t21-,22-,23-/m0/s1. The van der Waals surface area contributed by atoms with Gasteiger partial charge < -0.3 is 21.3 Å². The van der Waals surface area contributed by atoms with E-state index < -0.39 is 36.5 Å². The van der Waals surface area contributed by atoms with E-state index in [4.69, 9.17) is 5.73 Å². The van der Waals surface area contributed by atoms with Crippen LogP contribution >= 0.6 is 15.9 Å². The number of nitrogens with one attached hydrogen (secondary N) is 2. The summed E-state index contributed by atoms with van der Waals surface area (Å²) in [5, 5.41) is 5.59. The zero-order chi connectivity index (χ0) is 26.8. The number of amides is 3. The molecule has 0 spiro atoms. The molecule has 3 amide bonds. The number of carbonyl (C=O) groups excluding carboxylic acids is 4. The van der Waals surface area contributed by atoms with Gasteiger partial charge in [0.05, 0.1) is 6.04 Å². The van der Waals surface area contributed by atoms with E-state index in [0.29, 0.717) is 50.3 Å². The number of likely N-dealkylation sites (tertiary alicyclic amines) is 1. The molecule has 0 radical (unpaired) electrons. The fraction of sp³-hybridized carbons (Fsp3) is 0.630. The van der Waals surface area contributed by atoms with Crippen LogP contribution < -0.4 is 16.4 Å². The van der Waals surface area contributed by atoms with Gasteiger partial charge in [0.25, 0.3) is 5.91 Å². The Morgan fingerprint density at radius 1 is 1.00 bits per heavy atom. The lowest BCUT2D eigenvalue weighted by molar-refractivity contribution is -0.141. The minimum atomic E-state index is -1.17. The molecule has 4 N–H and O–H groups in total. The van der Waals surface area contributed by atoms with Crippen LogP contribution in [0.1, 0.15) is 74.6 Å². The first kappa shape index (κ1) is 29.2. The van der Waals surface area contributed by atoms with Gasteiger partial charge in [0.15, 0.2) is 5.78 Å². The number of nitrogens with two attached hydrogens (primary N) is 1. The molecule has 2 fully saturated rings. The molecule has 1 saturated carbocycles. The van der Waals surface area contributed by atoms with Crippen LogP contribution in [0.5, 0.6) is 0 Å². The number of Topliss-reactive ketones (excluding diaryl/α,β-unsaturated/α-hetero) is 1. The second-order valence-electron chi connectivity index (χ2n) is 10.1. The molecule has 0 unspecified atom stereocenters. The Hall–Kier alpha value is -2.33. The Morgan fingerprint density at radius 3 is 2.35 bits per heavy atom. The first-order valence-corrected chi connectivity index (χ1v) is 14.1. The lowest BCUT2D eigenvalue weighted by atomic mass is 9.84. The molecule has 0 aromatic heterocycles. The van der Waals surface area contributed by atoms with E-state index in [2.05, 4.69) is 26.6 Å². The van der Waals surface area contributed by atoms with Crippen molar-refractivity contribution in [3.05, 3.63) is 34.3 Å². The molecule has 0 bridgehead atoms. The van der Waals surface area contributed by atoms with Gasteiger partial charge in [-0.05, 0) is 68.8 Å². The van der Waals surface area contributed by atoms with E-state index >= 15 is 0 Å². The predicted molar refractivity (Wildman–Crippen MR) is 143 cm³/mol. The Kier molecular flexibility index (Phi) is 11.5. The van der Waals surface area contributed by atoms with Gasteiger partial charge in [-0.1, -0.05) is 48.0 Å². The molecule has 3 atom stereocenters. The second kappa shape index (κ2) is 14.6. The van der Waals surface area contributed by atoms with Gasteiger partial charge in [0.1, 0.15) is 18.8 Å². The van der Waals surface area contributed by atoms with Crippen molar-refractivity contribution in [3.63, 3.8) is 0 Å². The quantitative estimate of drug-likeness (QED) is 0.350. The number of benzene rings is 1. The number of halogens is 2. The van der Waals surface area contributed by atoms with Crippen LogP contribution in [-0.2, 0) is 14.4 Å². The van der Waals surface area contributed by atoms with Gasteiger partial charge in [-0.15, -0.1) is 0 Å². The van der Waals surface area contributed by atoms with Gasteiger partial charge in [0.2, 0.25) is 11.8 Å². The average molecular weight is 582 g/mol. The molecule has 1 aromatic rings. The summed E-state index contributed by atoms with van der Waals surface area (Å²) in [7, 11) is 0. The molecule has 10 heteroatoms. The highest BCUT2D eigenvalue weighted by atomic mass is 79.9. The van der Waals surface area contributed by atoms with Crippen LogP contribution in [0.3, 0.4) is 0 Å². The van der Waals surface area contributed by atoms with E-state index in [1.807, 2.05) is 0 Å². The number of rotatable bonds is 12. The number of alkyl halides is 1. The maximum atomic E-state index is 13.8. The Morgan fingerprint density at radius 2 is 1.70 bits per heavy atom. The van der Waals surface area contributed by atoms with E-state index in [9.17, 15) is 23.6 Å². The third kappa shape index (κ3) is 8.33. The zero-order valence-corrected chi connectivity index (χ0v) is 22.8. The Labute approximate surface area is 226 Å². The third-order valence-electron chi connectivity index (χ3n) is 7.38. The fourth-order valence-electron chi connectivity index (χ4n) is 5.32. The molecule has 204 valence electrons. The van der Waals surface area contributed by atoms with Crippen LogP contribution in [0.4, 0.5) is 4.39 Å². The molecule has 1 aliphatic heterocycles. The molecule has 1 heterocycles. The van der Waals surface area contributed by atoms with Crippen LogP contribution in [0.25, 0.3) is 0 Å². The summed E-state index contributed by atoms with van der Waals surface area (Å²) in [6.45, 7) is -0.466. The second-order valence-corrected chi connectivity index (χ2v) is 11.0. The predicted octanol–water partition coefficient (Wildman–Crippen LogP) is 3.27. The van der Waals surface area contributed by atoms with Crippen molar-refractivity contribution in [1.82, 2.24) is 15.5 Å². The van der Waals surface area contributed by atoms with Gasteiger partial charge >= 0.3 is 0 Å². The number of carbonyl (C=O) groups is 4. The summed E-state index contributed by atoms with van der Waals surface area (Å²) in [4.78, 5) is 53.5. The SMILES string of the molecule is NCCC[C@H](NC(=O)[C@@H]1CCCN1C(=O)[C@H](CC1CCCCC1)NC(=O)c1ccc(Br)cc1)C(=O)CF. The summed E-state index contributed by atoms with van der Waals surface area (Å²) >= 11 is 3.36. The van der Waals surface area contributed by atoms with Crippen LogP contribution in [0, 0.1) is 5.92 Å². The monoisotopic (exact) mass is 580 g/mol. The normalized spacial score (nSPS) is 19.8. The summed E-state index contributed by atoms with van der Waals surface area (Å²) in [5.74, 6) is -1.47. The maximum absolute atomic E-state index is 13.8. The number of ketones is 1. The van der Waals surface area contributed by atoms with Crippen molar-refractivity contribution >= 4 is 39.4 Å². The van der Waals surface area contributed by atoms with Crippen molar-refractivity contribution in [2.24, 2.45) is 11.7 Å². The van der Waals surface area contributed by atoms with E-state index in [-0.39, 0.29) is 18.2 Å². The minimum absolute atomic E-state index is 0.249. The smallest absolute Gasteiger partial charge is 0.251 e. The molecular formula is C27H38BrFN4O4. The highest BCUT2D eigenvalue weighted by molar-refractivity contribution is 9.10. The van der Waals surface area contributed by atoms with E-state index in [1.54, 1.807) is 24.3 Å². The Bertz CT molecular complexity index is 939. The molecule has 1 saturated heterocycles. The highest BCUT2D eigenvalue weighted by Gasteiger charge is 2.39. The van der Waals surface area contributed by atoms with Crippen LogP contribution in [0.15, 0.2) is 28.7 Å². The first-order chi connectivity index (χ1) is 17.8.